The summed E-state index contributed by atoms with van der Waals surface area (Å²) in [4.78, 5) is 5.00. The lowest BCUT2D eigenvalue weighted by molar-refractivity contribution is 0.435. The number of nitrogens with zero attached hydrogens (tertiary/aromatic N) is 2. The molecule has 0 atom stereocenters. The van der Waals surface area contributed by atoms with Gasteiger partial charge in [0.15, 0.2) is 0 Å². The SMILES string of the molecule is c1ccn2c(NC3CCCCC3)c(C3CCCCC3)nc2c1. The summed E-state index contributed by atoms with van der Waals surface area (Å²) in [5, 5.41) is 3.87. The van der Waals surface area contributed by atoms with Gasteiger partial charge in [-0.25, -0.2) is 4.98 Å². The first kappa shape index (κ1) is 14.1. The van der Waals surface area contributed by atoms with Gasteiger partial charge in [0.05, 0.1) is 5.69 Å². The Hall–Kier alpha value is -1.51. The van der Waals surface area contributed by atoms with Gasteiger partial charge in [-0.15, -0.1) is 0 Å². The van der Waals surface area contributed by atoms with Crippen LogP contribution >= 0.6 is 0 Å². The molecule has 3 nitrogen and oxygen atoms in total. The maximum absolute atomic E-state index is 5.00. The summed E-state index contributed by atoms with van der Waals surface area (Å²) in [6, 6.07) is 6.98. The molecule has 22 heavy (non-hydrogen) atoms. The minimum absolute atomic E-state index is 0.635. The van der Waals surface area contributed by atoms with Gasteiger partial charge >= 0.3 is 0 Å². The van der Waals surface area contributed by atoms with Gasteiger partial charge in [-0.1, -0.05) is 44.6 Å². The number of hydrogen-bond donors (Lipinski definition) is 1. The van der Waals surface area contributed by atoms with E-state index in [9.17, 15) is 0 Å². The number of rotatable bonds is 3. The minimum Gasteiger partial charge on any atom is -0.367 e. The van der Waals surface area contributed by atoms with E-state index in [-0.39, 0.29) is 0 Å². The molecule has 1 N–H and O–H groups in total. The second-order valence-corrected chi connectivity index (χ2v) is 7.09. The molecule has 0 bridgehead atoms. The Labute approximate surface area is 133 Å². The molecule has 2 aliphatic carbocycles. The fraction of sp³-hybridized carbons (Fsp3) is 0.632. The molecule has 0 saturated heterocycles. The van der Waals surface area contributed by atoms with Gasteiger partial charge in [0.1, 0.15) is 11.5 Å². The average molecular weight is 297 g/mol. The summed E-state index contributed by atoms with van der Waals surface area (Å²) in [6.07, 6.45) is 15.7. The normalized spacial score (nSPS) is 21.3. The fourth-order valence-corrected chi connectivity index (χ4v) is 4.26. The first-order valence-electron chi connectivity index (χ1n) is 9.15. The van der Waals surface area contributed by atoms with E-state index in [0.29, 0.717) is 12.0 Å². The molecular formula is C19H27N3. The summed E-state index contributed by atoms with van der Waals surface area (Å²) < 4.78 is 2.28. The standard InChI is InChI=1S/C19H27N3/c1-3-9-15(10-4-1)18-19(20-16-11-5-2-6-12-16)22-14-8-7-13-17(22)21-18/h7-8,13-16,20H,1-6,9-12H2. The molecule has 0 aliphatic heterocycles. The number of pyridine rings is 1. The van der Waals surface area contributed by atoms with E-state index in [1.165, 1.54) is 75.7 Å². The molecule has 2 saturated carbocycles. The van der Waals surface area contributed by atoms with Crippen LogP contribution in [-0.2, 0) is 0 Å². The van der Waals surface area contributed by atoms with Crippen LogP contribution in [0.3, 0.4) is 0 Å². The summed E-state index contributed by atoms with van der Waals surface area (Å²) in [7, 11) is 0. The van der Waals surface area contributed by atoms with Gasteiger partial charge in [0, 0.05) is 18.2 Å². The van der Waals surface area contributed by atoms with Gasteiger partial charge in [-0.05, 0) is 37.8 Å². The van der Waals surface area contributed by atoms with Crippen molar-refractivity contribution < 1.29 is 0 Å². The van der Waals surface area contributed by atoms with Gasteiger partial charge < -0.3 is 5.32 Å². The zero-order valence-corrected chi connectivity index (χ0v) is 13.4. The number of anilines is 1. The predicted octanol–water partition coefficient (Wildman–Crippen LogP) is 5.13. The van der Waals surface area contributed by atoms with E-state index in [1.807, 2.05) is 0 Å². The van der Waals surface area contributed by atoms with Crippen molar-refractivity contribution in [2.45, 2.75) is 76.2 Å². The lowest BCUT2D eigenvalue weighted by Gasteiger charge is -2.26. The molecule has 0 radical (unpaired) electrons. The van der Waals surface area contributed by atoms with Crippen molar-refractivity contribution in [3.8, 4) is 0 Å². The summed E-state index contributed by atoms with van der Waals surface area (Å²) in [6.45, 7) is 0. The van der Waals surface area contributed by atoms with Crippen molar-refractivity contribution in [3.63, 3.8) is 0 Å². The van der Waals surface area contributed by atoms with Crippen molar-refractivity contribution in [1.82, 2.24) is 9.38 Å². The highest BCUT2D eigenvalue weighted by atomic mass is 15.1. The average Bonchev–Trinajstić information content (AvgIpc) is 2.95. The van der Waals surface area contributed by atoms with Gasteiger partial charge in [0.25, 0.3) is 0 Å². The van der Waals surface area contributed by atoms with Crippen LogP contribution < -0.4 is 5.32 Å². The third-order valence-electron chi connectivity index (χ3n) is 5.49. The molecule has 2 heterocycles. The fourth-order valence-electron chi connectivity index (χ4n) is 4.26. The number of aromatic nitrogens is 2. The first-order valence-corrected chi connectivity index (χ1v) is 9.15. The van der Waals surface area contributed by atoms with E-state index < -0.39 is 0 Å². The summed E-state index contributed by atoms with van der Waals surface area (Å²) in [5.74, 6) is 1.94. The van der Waals surface area contributed by atoms with Crippen LogP contribution in [0.1, 0.15) is 75.8 Å². The third-order valence-corrected chi connectivity index (χ3v) is 5.49. The molecule has 2 fully saturated rings. The number of hydrogen-bond acceptors (Lipinski definition) is 2. The van der Waals surface area contributed by atoms with E-state index in [2.05, 4.69) is 34.1 Å². The molecule has 2 aromatic rings. The highest BCUT2D eigenvalue weighted by molar-refractivity contribution is 5.57. The van der Waals surface area contributed by atoms with E-state index in [1.54, 1.807) is 0 Å². The van der Waals surface area contributed by atoms with Gasteiger partial charge in [-0.2, -0.15) is 0 Å². The van der Waals surface area contributed by atoms with Crippen molar-refractivity contribution >= 4 is 11.5 Å². The third kappa shape index (κ3) is 2.73. The monoisotopic (exact) mass is 297 g/mol. The van der Waals surface area contributed by atoms with Crippen LogP contribution in [0.15, 0.2) is 24.4 Å². The van der Waals surface area contributed by atoms with Crippen LogP contribution in [-0.4, -0.2) is 15.4 Å². The lowest BCUT2D eigenvalue weighted by atomic mass is 9.86. The largest absolute Gasteiger partial charge is 0.367 e. The van der Waals surface area contributed by atoms with E-state index >= 15 is 0 Å². The van der Waals surface area contributed by atoms with Crippen molar-refractivity contribution in [3.05, 3.63) is 30.1 Å². The zero-order chi connectivity index (χ0) is 14.8. The summed E-state index contributed by atoms with van der Waals surface area (Å²) >= 11 is 0. The molecule has 4 rings (SSSR count). The van der Waals surface area contributed by atoms with Crippen LogP contribution in [0.2, 0.25) is 0 Å². The Bertz CT molecular complexity index is 619. The Morgan fingerprint density at radius 3 is 2.41 bits per heavy atom. The van der Waals surface area contributed by atoms with E-state index in [4.69, 9.17) is 4.98 Å². The quantitative estimate of drug-likeness (QED) is 0.851. The highest BCUT2D eigenvalue weighted by Crippen LogP contribution is 2.37. The second-order valence-electron chi connectivity index (χ2n) is 7.09. The lowest BCUT2D eigenvalue weighted by Crippen LogP contribution is -2.24. The second kappa shape index (κ2) is 6.31. The molecular weight excluding hydrogens is 270 g/mol. The van der Waals surface area contributed by atoms with Crippen molar-refractivity contribution in [1.29, 1.82) is 0 Å². The van der Waals surface area contributed by atoms with Gasteiger partial charge in [-0.3, -0.25) is 4.40 Å². The molecule has 0 spiro atoms. The summed E-state index contributed by atoms with van der Waals surface area (Å²) in [5.41, 5.74) is 2.43. The maximum Gasteiger partial charge on any atom is 0.138 e. The Morgan fingerprint density at radius 2 is 1.64 bits per heavy atom. The number of fused-ring (bicyclic) bond motifs is 1. The molecule has 0 aromatic carbocycles. The van der Waals surface area contributed by atoms with Crippen molar-refractivity contribution in [2.24, 2.45) is 0 Å². The van der Waals surface area contributed by atoms with Crippen LogP contribution in [0, 0.1) is 0 Å². The molecule has 118 valence electrons. The van der Waals surface area contributed by atoms with Crippen molar-refractivity contribution in [2.75, 3.05) is 5.32 Å². The Kier molecular flexibility index (Phi) is 4.05. The number of nitrogens with one attached hydrogen (secondary N) is 1. The molecule has 0 amide bonds. The molecule has 0 unspecified atom stereocenters. The molecule has 2 aromatic heterocycles. The topological polar surface area (TPSA) is 29.3 Å². The zero-order valence-electron chi connectivity index (χ0n) is 13.4. The number of imidazole rings is 1. The van der Waals surface area contributed by atoms with E-state index in [0.717, 1.165) is 5.65 Å². The van der Waals surface area contributed by atoms with Crippen LogP contribution in [0.25, 0.3) is 5.65 Å². The highest BCUT2D eigenvalue weighted by Gasteiger charge is 2.25. The molecule has 2 aliphatic rings. The maximum atomic E-state index is 5.00. The van der Waals surface area contributed by atoms with Crippen LogP contribution in [0.4, 0.5) is 5.82 Å². The first-order chi connectivity index (χ1) is 10.9. The smallest absolute Gasteiger partial charge is 0.138 e. The predicted molar refractivity (Wildman–Crippen MR) is 91.5 cm³/mol. The molecule has 3 heteroatoms. The van der Waals surface area contributed by atoms with Crippen LogP contribution in [0.5, 0.6) is 0 Å². The minimum atomic E-state index is 0.635. The Morgan fingerprint density at radius 1 is 0.909 bits per heavy atom. The van der Waals surface area contributed by atoms with Gasteiger partial charge in [0.2, 0.25) is 0 Å². The Balaban J connectivity index is 1.69.